The number of carbonyl (C=O) groups is 2. The molecule has 0 saturated heterocycles. The molecule has 1 aliphatic carbocycles. The van der Waals surface area contributed by atoms with Crippen LogP contribution in [0.1, 0.15) is 45.1 Å². The van der Waals surface area contributed by atoms with Gasteiger partial charge >= 0.3 is 5.97 Å². The Hall–Kier alpha value is -2.88. The Balaban J connectivity index is 2.89. The number of nitro benzene ring substituents is 1. The van der Waals surface area contributed by atoms with Crippen molar-refractivity contribution >= 4 is 17.4 Å². The van der Waals surface area contributed by atoms with Crippen LogP contribution in [0, 0.1) is 25.6 Å². The molecule has 1 aromatic carbocycles. The Morgan fingerprint density at radius 1 is 1.25 bits per heavy atom. The van der Waals surface area contributed by atoms with E-state index in [-0.39, 0.29) is 25.0 Å². The minimum atomic E-state index is -2.01. The zero-order chi connectivity index (χ0) is 21.3. The van der Waals surface area contributed by atoms with E-state index in [1.54, 1.807) is 0 Å². The molecule has 0 spiro atoms. The minimum absolute atomic E-state index is 0.0724. The van der Waals surface area contributed by atoms with Crippen molar-refractivity contribution in [1.82, 2.24) is 0 Å². The first-order valence-corrected chi connectivity index (χ1v) is 8.78. The average Bonchev–Trinajstić information content (AvgIpc) is 2.60. The van der Waals surface area contributed by atoms with E-state index in [4.69, 9.17) is 4.74 Å². The summed E-state index contributed by atoms with van der Waals surface area (Å²) in [7, 11) is 0. The zero-order valence-electron chi connectivity index (χ0n) is 15.8. The molecule has 1 saturated carbocycles. The maximum Gasteiger partial charge on any atom is 0.320 e. The van der Waals surface area contributed by atoms with E-state index in [9.17, 15) is 34.9 Å². The van der Waals surface area contributed by atoms with Gasteiger partial charge in [0.25, 0.3) is 5.69 Å². The highest BCUT2D eigenvalue weighted by Crippen LogP contribution is 2.54. The third kappa shape index (κ3) is 3.35. The lowest BCUT2D eigenvalue weighted by molar-refractivity contribution is -0.555. The van der Waals surface area contributed by atoms with Crippen molar-refractivity contribution in [2.75, 3.05) is 6.61 Å². The molecular weight excluding hydrogens is 372 g/mol. The van der Waals surface area contributed by atoms with E-state index in [0.29, 0.717) is 0 Å². The molecule has 0 radical (unpaired) electrons. The fraction of sp³-hybridized carbons (Fsp3) is 0.556. The lowest BCUT2D eigenvalue weighted by atomic mass is 9.56. The van der Waals surface area contributed by atoms with Crippen LogP contribution < -0.4 is 0 Å². The number of para-hydroxylation sites is 1. The third-order valence-corrected chi connectivity index (χ3v) is 5.47. The van der Waals surface area contributed by atoms with Gasteiger partial charge in [-0.2, -0.15) is 0 Å². The Bertz CT molecular complexity index is 822. The number of ketones is 1. The molecule has 28 heavy (non-hydrogen) atoms. The fourth-order valence-corrected chi connectivity index (χ4v) is 4.11. The molecule has 2 rings (SSSR count). The minimum Gasteiger partial charge on any atom is -0.465 e. The summed E-state index contributed by atoms with van der Waals surface area (Å²) >= 11 is 0. The summed E-state index contributed by atoms with van der Waals surface area (Å²) in [5.74, 6) is -3.24. The van der Waals surface area contributed by atoms with Crippen LogP contribution in [-0.4, -0.2) is 45.0 Å². The number of benzene rings is 1. The Morgan fingerprint density at radius 2 is 1.86 bits per heavy atom. The quantitative estimate of drug-likeness (QED) is 0.333. The van der Waals surface area contributed by atoms with Crippen LogP contribution in [0.3, 0.4) is 0 Å². The number of rotatable bonds is 6. The van der Waals surface area contributed by atoms with E-state index in [2.05, 4.69) is 0 Å². The van der Waals surface area contributed by atoms with Crippen molar-refractivity contribution in [3.05, 3.63) is 50.1 Å². The van der Waals surface area contributed by atoms with Crippen molar-refractivity contribution in [2.45, 2.75) is 51.2 Å². The topological polar surface area (TPSA) is 150 Å². The predicted octanol–water partition coefficient (Wildman–Crippen LogP) is 2.01. The van der Waals surface area contributed by atoms with Crippen LogP contribution in [0.5, 0.6) is 0 Å². The van der Waals surface area contributed by atoms with Gasteiger partial charge in [0.1, 0.15) is 16.8 Å². The summed E-state index contributed by atoms with van der Waals surface area (Å²) in [4.78, 5) is 47.6. The number of hydrogen-bond acceptors (Lipinski definition) is 8. The highest BCUT2D eigenvalue weighted by Gasteiger charge is 2.67. The fourth-order valence-electron chi connectivity index (χ4n) is 4.11. The van der Waals surface area contributed by atoms with Gasteiger partial charge in [-0.1, -0.05) is 18.2 Å². The molecule has 4 atom stereocenters. The number of ether oxygens (including phenoxy) is 1. The van der Waals surface area contributed by atoms with Crippen LogP contribution in [0.25, 0.3) is 0 Å². The monoisotopic (exact) mass is 394 g/mol. The second-order valence-electron chi connectivity index (χ2n) is 7.13. The van der Waals surface area contributed by atoms with Crippen molar-refractivity contribution in [2.24, 2.45) is 5.41 Å². The van der Waals surface area contributed by atoms with E-state index < -0.39 is 50.3 Å². The molecule has 10 nitrogen and oxygen atoms in total. The number of nitrogens with zero attached hydrogens (tertiary/aromatic N) is 2. The molecule has 0 amide bonds. The lowest BCUT2D eigenvalue weighted by Crippen LogP contribution is -2.62. The Labute approximate surface area is 160 Å². The molecule has 0 bridgehead atoms. The number of hydrogen-bond donors (Lipinski definition) is 1. The normalized spacial score (nSPS) is 29.7. The number of carbonyl (C=O) groups excluding carboxylic acids is 2. The molecule has 1 N–H and O–H groups in total. The molecule has 10 heteroatoms. The van der Waals surface area contributed by atoms with Gasteiger partial charge in [0.15, 0.2) is 0 Å². The average molecular weight is 394 g/mol. The van der Waals surface area contributed by atoms with E-state index in [0.717, 1.165) is 13.0 Å². The number of esters is 1. The molecule has 0 heterocycles. The van der Waals surface area contributed by atoms with Gasteiger partial charge in [-0.15, -0.1) is 0 Å². The third-order valence-electron chi connectivity index (χ3n) is 5.47. The highest BCUT2D eigenvalue weighted by molar-refractivity contribution is 6.04. The second kappa shape index (κ2) is 7.63. The van der Waals surface area contributed by atoms with Gasteiger partial charge in [-0.3, -0.25) is 29.8 Å². The van der Waals surface area contributed by atoms with Crippen LogP contribution in [0.4, 0.5) is 5.69 Å². The number of Topliss-reactive ketones (excluding diaryl/α,β-unsaturated/α-hetero) is 1. The summed E-state index contributed by atoms with van der Waals surface area (Å²) in [5, 5.41) is 34.2. The van der Waals surface area contributed by atoms with E-state index >= 15 is 0 Å². The molecule has 152 valence electrons. The molecule has 0 aromatic heterocycles. The SMILES string of the molecule is CCOC(=O)[C@]1(C(C)=O)CC[C@@](C)(O)[C@@H]([N+](=O)[O-])[C@@H]1c1ccccc1[N+](=O)[O-]. The van der Waals surface area contributed by atoms with Gasteiger partial charge in [0.05, 0.1) is 17.4 Å². The van der Waals surface area contributed by atoms with E-state index in [1.165, 1.54) is 32.0 Å². The predicted molar refractivity (Wildman–Crippen MR) is 96.2 cm³/mol. The summed E-state index contributed by atoms with van der Waals surface area (Å²) in [6.07, 6.45) is -0.441. The van der Waals surface area contributed by atoms with Crippen molar-refractivity contribution < 1.29 is 29.3 Å². The summed E-state index contributed by atoms with van der Waals surface area (Å²) in [5.41, 5.74) is -4.52. The molecular formula is C18H22N2O8. The van der Waals surface area contributed by atoms with Gasteiger partial charge in [0.2, 0.25) is 6.04 Å². The number of aliphatic hydroxyl groups is 1. The summed E-state index contributed by atoms with van der Waals surface area (Å²) in [6.45, 7) is 3.79. The largest absolute Gasteiger partial charge is 0.465 e. The lowest BCUT2D eigenvalue weighted by Gasteiger charge is -2.46. The second-order valence-corrected chi connectivity index (χ2v) is 7.13. The molecule has 1 aromatic rings. The maximum absolute atomic E-state index is 12.9. The van der Waals surface area contributed by atoms with Gasteiger partial charge < -0.3 is 9.84 Å². The van der Waals surface area contributed by atoms with Crippen molar-refractivity contribution in [3.8, 4) is 0 Å². The smallest absolute Gasteiger partial charge is 0.320 e. The van der Waals surface area contributed by atoms with Crippen LogP contribution in [-0.2, 0) is 14.3 Å². The first kappa shape index (κ1) is 21.4. The zero-order valence-corrected chi connectivity index (χ0v) is 15.8. The number of nitro groups is 2. The summed E-state index contributed by atoms with van der Waals surface area (Å²) < 4.78 is 5.06. The Morgan fingerprint density at radius 3 is 2.36 bits per heavy atom. The van der Waals surface area contributed by atoms with Crippen LogP contribution in [0.2, 0.25) is 0 Å². The van der Waals surface area contributed by atoms with Crippen LogP contribution >= 0.6 is 0 Å². The molecule has 0 aliphatic heterocycles. The van der Waals surface area contributed by atoms with Gasteiger partial charge in [0, 0.05) is 16.6 Å². The standard InChI is InChI=1S/C18H22N2O8/c1-4-28-16(22)18(11(2)21)10-9-17(3,23)15(20(26)27)14(18)12-7-5-6-8-13(12)19(24)25/h5-8,14-15,23H,4,9-10H2,1-3H3/t14-,15-,17+,18-/m0/s1. The molecule has 1 fully saturated rings. The summed E-state index contributed by atoms with van der Waals surface area (Å²) in [6, 6.07) is 3.40. The van der Waals surface area contributed by atoms with Crippen LogP contribution in [0.15, 0.2) is 24.3 Å². The Kier molecular flexibility index (Phi) is 5.83. The van der Waals surface area contributed by atoms with E-state index in [1.807, 2.05) is 0 Å². The van der Waals surface area contributed by atoms with Gasteiger partial charge in [-0.05, 0) is 33.6 Å². The van der Waals surface area contributed by atoms with Crippen molar-refractivity contribution in [3.63, 3.8) is 0 Å². The van der Waals surface area contributed by atoms with Crippen molar-refractivity contribution in [1.29, 1.82) is 0 Å². The first-order valence-electron chi connectivity index (χ1n) is 8.78. The first-order chi connectivity index (χ1) is 13.0. The maximum atomic E-state index is 12.9. The highest BCUT2D eigenvalue weighted by atomic mass is 16.6. The van der Waals surface area contributed by atoms with Gasteiger partial charge in [-0.25, -0.2) is 0 Å². The molecule has 0 unspecified atom stereocenters. The molecule has 1 aliphatic rings.